The van der Waals surface area contributed by atoms with Gasteiger partial charge in [0.05, 0.1) is 6.04 Å². The fourth-order valence-electron chi connectivity index (χ4n) is 2.64. The first-order valence-electron chi connectivity index (χ1n) is 7.30. The Bertz CT molecular complexity index is 747. The van der Waals surface area contributed by atoms with Crippen LogP contribution in [0.4, 0.5) is 0 Å². The Hall–Kier alpha value is -2.13. The second kappa shape index (κ2) is 5.70. The van der Waals surface area contributed by atoms with Crippen LogP contribution in [0.3, 0.4) is 0 Å². The van der Waals surface area contributed by atoms with Crippen LogP contribution in [0.25, 0.3) is 11.1 Å². The van der Waals surface area contributed by atoms with Crippen LogP contribution in [0.5, 0.6) is 0 Å². The summed E-state index contributed by atoms with van der Waals surface area (Å²) >= 11 is 0. The molecule has 1 heterocycles. The molecule has 0 aliphatic heterocycles. The Morgan fingerprint density at radius 1 is 1.14 bits per heavy atom. The number of nitrogens with two attached hydrogens (primary N) is 1. The summed E-state index contributed by atoms with van der Waals surface area (Å²) in [7, 11) is 0. The van der Waals surface area contributed by atoms with E-state index in [1.165, 1.54) is 11.1 Å². The molecule has 1 atom stereocenters. The molecule has 3 nitrogen and oxygen atoms in total. The van der Waals surface area contributed by atoms with Crippen molar-refractivity contribution in [2.24, 2.45) is 5.73 Å². The monoisotopic (exact) mass is 280 g/mol. The van der Waals surface area contributed by atoms with Gasteiger partial charge in [-0.15, -0.1) is 0 Å². The largest absolute Gasteiger partial charge is 0.439 e. The molecule has 0 aliphatic rings. The number of oxazole rings is 1. The summed E-state index contributed by atoms with van der Waals surface area (Å²) < 4.78 is 5.87. The highest BCUT2D eigenvalue weighted by Gasteiger charge is 2.15. The lowest BCUT2D eigenvalue weighted by atomic mass is 10.1. The molecule has 0 radical (unpaired) electrons. The maximum Gasteiger partial charge on any atom is 0.212 e. The Labute approximate surface area is 124 Å². The first-order chi connectivity index (χ1) is 10.1. The van der Waals surface area contributed by atoms with Gasteiger partial charge in [-0.25, -0.2) is 4.98 Å². The van der Waals surface area contributed by atoms with E-state index in [1.54, 1.807) is 0 Å². The highest BCUT2D eigenvalue weighted by Crippen LogP contribution is 2.25. The minimum absolute atomic E-state index is 0.169. The van der Waals surface area contributed by atoms with E-state index in [0.717, 1.165) is 29.5 Å². The highest BCUT2D eigenvalue weighted by molar-refractivity contribution is 5.77. The number of hydrogen-bond donors (Lipinski definition) is 1. The molecule has 3 heteroatoms. The SMILES string of the molecule is Cc1cc(C)c2oc(C(N)CCc3ccccc3)nc2c1. The molecule has 0 fully saturated rings. The lowest BCUT2D eigenvalue weighted by Gasteiger charge is -2.07. The summed E-state index contributed by atoms with van der Waals surface area (Å²) in [5.41, 5.74) is 11.6. The number of rotatable bonds is 4. The molecular formula is C18H20N2O. The molecule has 0 saturated carbocycles. The third kappa shape index (κ3) is 2.98. The molecule has 3 aromatic rings. The summed E-state index contributed by atoms with van der Waals surface area (Å²) in [6.45, 7) is 4.11. The van der Waals surface area contributed by atoms with E-state index in [1.807, 2.05) is 31.2 Å². The van der Waals surface area contributed by atoms with E-state index in [4.69, 9.17) is 10.2 Å². The maximum absolute atomic E-state index is 6.24. The lowest BCUT2D eigenvalue weighted by molar-refractivity contribution is 0.458. The molecule has 3 rings (SSSR count). The summed E-state index contributed by atoms with van der Waals surface area (Å²) in [4.78, 5) is 4.55. The van der Waals surface area contributed by atoms with Crippen molar-refractivity contribution in [3.63, 3.8) is 0 Å². The smallest absolute Gasteiger partial charge is 0.212 e. The molecule has 2 aromatic carbocycles. The first-order valence-corrected chi connectivity index (χ1v) is 7.30. The topological polar surface area (TPSA) is 52.0 Å². The molecule has 2 N–H and O–H groups in total. The van der Waals surface area contributed by atoms with Crippen LogP contribution < -0.4 is 5.73 Å². The van der Waals surface area contributed by atoms with Crippen LogP contribution in [-0.2, 0) is 6.42 Å². The zero-order valence-electron chi connectivity index (χ0n) is 12.5. The van der Waals surface area contributed by atoms with Crippen molar-refractivity contribution in [2.45, 2.75) is 32.7 Å². The number of fused-ring (bicyclic) bond motifs is 1. The van der Waals surface area contributed by atoms with Crippen molar-refractivity contribution < 1.29 is 4.42 Å². The Kier molecular flexibility index (Phi) is 3.76. The second-order valence-electron chi connectivity index (χ2n) is 5.61. The normalized spacial score (nSPS) is 12.7. The quantitative estimate of drug-likeness (QED) is 0.783. The molecule has 0 bridgehead atoms. The Balaban J connectivity index is 1.78. The summed E-state index contributed by atoms with van der Waals surface area (Å²) in [6.07, 6.45) is 1.76. The third-order valence-corrected chi connectivity index (χ3v) is 3.74. The zero-order chi connectivity index (χ0) is 14.8. The van der Waals surface area contributed by atoms with E-state index in [2.05, 4.69) is 30.1 Å². The van der Waals surface area contributed by atoms with Gasteiger partial charge >= 0.3 is 0 Å². The van der Waals surface area contributed by atoms with Gasteiger partial charge in [0.1, 0.15) is 5.52 Å². The van der Waals surface area contributed by atoms with Gasteiger partial charge in [-0.3, -0.25) is 0 Å². The minimum atomic E-state index is -0.169. The van der Waals surface area contributed by atoms with Gasteiger partial charge < -0.3 is 10.2 Å². The van der Waals surface area contributed by atoms with E-state index in [0.29, 0.717) is 5.89 Å². The van der Waals surface area contributed by atoms with Crippen molar-refractivity contribution >= 4 is 11.1 Å². The minimum Gasteiger partial charge on any atom is -0.439 e. The van der Waals surface area contributed by atoms with Crippen LogP contribution in [0.15, 0.2) is 46.9 Å². The zero-order valence-corrected chi connectivity index (χ0v) is 12.5. The first kappa shape index (κ1) is 13.8. The van der Waals surface area contributed by atoms with Crippen molar-refractivity contribution in [1.29, 1.82) is 0 Å². The number of aromatic nitrogens is 1. The molecule has 0 spiro atoms. The Morgan fingerprint density at radius 2 is 1.90 bits per heavy atom. The molecule has 0 saturated heterocycles. The third-order valence-electron chi connectivity index (χ3n) is 3.74. The molecule has 0 aliphatic carbocycles. The highest BCUT2D eigenvalue weighted by atomic mass is 16.3. The fraction of sp³-hybridized carbons (Fsp3) is 0.278. The van der Waals surface area contributed by atoms with Gasteiger partial charge in [0, 0.05) is 0 Å². The van der Waals surface area contributed by atoms with Crippen LogP contribution in [0, 0.1) is 13.8 Å². The van der Waals surface area contributed by atoms with Crippen LogP contribution in [0.1, 0.15) is 35.0 Å². The summed E-state index contributed by atoms with van der Waals surface area (Å²) in [5, 5.41) is 0. The van der Waals surface area contributed by atoms with Crippen LogP contribution in [-0.4, -0.2) is 4.98 Å². The van der Waals surface area contributed by atoms with Gasteiger partial charge in [0.2, 0.25) is 5.89 Å². The fourth-order valence-corrected chi connectivity index (χ4v) is 2.64. The molecule has 1 aromatic heterocycles. The van der Waals surface area contributed by atoms with Crippen molar-refractivity contribution in [3.8, 4) is 0 Å². The summed E-state index contributed by atoms with van der Waals surface area (Å²) in [6, 6.07) is 14.3. The predicted octanol–water partition coefficient (Wildman–Crippen LogP) is 4.08. The predicted molar refractivity (Wildman–Crippen MR) is 85.2 cm³/mol. The average molecular weight is 280 g/mol. The molecule has 108 valence electrons. The number of aryl methyl sites for hydroxylation is 3. The van der Waals surface area contributed by atoms with Crippen LogP contribution in [0.2, 0.25) is 0 Å². The summed E-state index contributed by atoms with van der Waals surface area (Å²) in [5.74, 6) is 0.634. The average Bonchev–Trinajstić information content (AvgIpc) is 2.90. The second-order valence-corrected chi connectivity index (χ2v) is 5.61. The number of nitrogens with zero attached hydrogens (tertiary/aromatic N) is 1. The van der Waals surface area contributed by atoms with Gasteiger partial charge in [0.25, 0.3) is 0 Å². The van der Waals surface area contributed by atoms with Crippen molar-refractivity contribution in [1.82, 2.24) is 4.98 Å². The lowest BCUT2D eigenvalue weighted by Crippen LogP contribution is -2.11. The van der Waals surface area contributed by atoms with Gasteiger partial charge in [0.15, 0.2) is 5.58 Å². The van der Waals surface area contributed by atoms with Crippen molar-refractivity contribution in [2.75, 3.05) is 0 Å². The number of hydrogen-bond acceptors (Lipinski definition) is 3. The Morgan fingerprint density at radius 3 is 2.67 bits per heavy atom. The van der Waals surface area contributed by atoms with E-state index < -0.39 is 0 Å². The van der Waals surface area contributed by atoms with E-state index in [-0.39, 0.29) is 6.04 Å². The van der Waals surface area contributed by atoms with E-state index >= 15 is 0 Å². The molecule has 21 heavy (non-hydrogen) atoms. The van der Waals surface area contributed by atoms with Gasteiger partial charge in [-0.1, -0.05) is 36.4 Å². The number of benzene rings is 2. The molecule has 0 amide bonds. The standard InChI is InChI=1S/C18H20N2O/c1-12-10-13(2)17-16(11-12)20-18(21-17)15(19)9-8-14-6-4-3-5-7-14/h3-7,10-11,15H,8-9,19H2,1-2H3. The molecular weight excluding hydrogens is 260 g/mol. The molecule has 1 unspecified atom stereocenters. The van der Waals surface area contributed by atoms with Crippen molar-refractivity contribution in [3.05, 3.63) is 65.0 Å². The van der Waals surface area contributed by atoms with Gasteiger partial charge in [-0.2, -0.15) is 0 Å². The van der Waals surface area contributed by atoms with E-state index in [9.17, 15) is 0 Å². The van der Waals surface area contributed by atoms with Gasteiger partial charge in [-0.05, 0) is 49.4 Å². The maximum atomic E-state index is 6.24. The van der Waals surface area contributed by atoms with Crippen LogP contribution >= 0.6 is 0 Å².